The number of nitrogens with one attached hydrogen (secondary N) is 1. The van der Waals surface area contributed by atoms with Crippen LogP contribution in [0.3, 0.4) is 0 Å². The second-order valence-corrected chi connectivity index (χ2v) is 5.91. The highest BCUT2D eigenvalue weighted by Crippen LogP contribution is 2.19. The van der Waals surface area contributed by atoms with Crippen LogP contribution in [0.25, 0.3) is 0 Å². The van der Waals surface area contributed by atoms with E-state index in [1.54, 1.807) is 4.68 Å². The predicted octanol–water partition coefficient (Wildman–Crippen LogP) is 0.731. The van der Waals surface area contributed by atoms with Gasteiger partial charge in [0.15, 0.2) is 0 Å². The lowest BCUT2D eigenvalue weighted by atomic mass is 9.97. The Balaban J connectivity index is 1.65. The van der Waals surface area contributed by atoms with Crippen molar-refractivity contribution >= 4 is 17.7 Å². The molecule has 0 spiro atoms. The van der Waals surface area contributed by atoms with Crippen molar-refractivity contribution in [2.45, 2.75) is 43.8 Å². The summed E-state index contributed by atoms with van der Waals surface area (Å²) >= 11 is 1.33. The van der Waals surface area contributed by atoms with Gasteiger partial charge in [-0.25, -0.2) is 4.68 Å². The molecule has 1 aliphatic rings. The first-order valence-electron chi connectivity index (χ1n) is 7.33. The molecule has 0 aliphatic heterocycles. The van der Waals surface area contributed by atoms with Gasteiger partial charge in [-0.1, -0.05) is 23.4 Å². The number of nitrogens with two attached hydrogens (primary N) is 1. The molecule has 1 heterocycles. The minimum absolute atomic E-state index is 0.0127. The van der Waals surface area contributed by atoms with E-state index < -0.39 is 0 Å². The van der Waals surface area contributed by atoms with Crippen molar-refractivity contribution in [1.29, 1.82) is 0 Å². The van der Waals surface area contributed by atoms with Gasteiger partial charge in [-0.05, 0) is 42.5 Å². The van der Waals surface area contributed by atoms with E-state index in [0.717, 1.165) is 6.42 Å². The Morgan fingerprint density at radius 2 is 2.38 bits per heavy atom. The summed E-state index contributed by atoms with van der Waals surface area (Å²) < 4.78 is 1.62. The molecule has 1 amide bonds. The van der Waals surface area contributed by atoms with E-state index in [-0.39, 0.29) is 5.91 Å². The van der Waals surface area contributed by atoms with Gasteiger partial charge in [-0.3, -0.25) is 4.79 Å². The molecule has 0 atom stereocenters. The van der Waals surface area contributed by atoms with Gasteiger partial charge in [0.25, 0.3) is 0 Å². The van der Waals surface area contributed by atoms with Crippen LogP contribution in [-0.4, -0.2) is 45.0 Å². The zero-order valence-electron chi connectivity index (χ0n) is 12.1. The lowest BCUT2D eigenvalue weighted by Crippen LogP contribution is -2.26. The van der Waals surface area contributed by atoms with Crippen LogP contribution in [0.5, 0.6) is 0 Å². The van der Waals surface area contributed by atoms with E-state index in [0.29, 0.717) is 30.5 Å². The van der Waals surface area contributed by atoms with Crippen molar-refractivity contribution in [2.24, 2.45) is 5.73 Å². The molecule has 3 N–H and O–H groups in total. The van der Waals surface area contributed by atoms with Gasteiger partial charge >= 0.3 is 0 Å². The number of rotatable bonds is 8. The van der Waals surface area contributed by atoms with Gasteiger partial charge in [-0.15, -0.1) is 5.10 Å². The van der Waals surface area contributed by atoms with Crippen LogP contribution in [0.2, 0.25) is 0 Å². The van der Waals surface area contributed by atoms with Crippen molar-refractivity contribution in [1.82, 2.24) is 25.5 Å². The van der Waals surface area contributed by atoms with E-state index >= 15 is 0 Å². The molecule has 2 rings (SSSR count). The summed E-state index contributed by atoms with van der Waals surface area (Å²) in [5, 5.41) is 14.9. The van der Waals surface area contributed by atoms with E-state index in [1.807, 2.05) is 0 Å². The van der Waals surface area contributed by atoms with Gasteiger partial charge in [0.1, 0.15) is 0 Å². The molecule has 0 unspecified atom stereocenters. The zero-order valence-corrected chi connectivity index (χ0v) is 12.9. The van der Waals surface area contributed by atoms with Crippen LogP contribution in [0.4, 0.5) is 0 Å². The number of thioether (sulfide) groups is 1. The highest BCUT2D eigenvalue weighted by atomic mass is 32.2. The number of hydrogen-bond donors (Lipinski definition) is 2. The Morgan fingerprint density at radius 3 is 3.14 bits per heavy atom. The maximum absolute atomic E-state index is 11.8. The normalized spacial score (nSPS) is 14.8. The lowest BCUT2D eigenvalue weighted by molar-refractivity contribution is -0.118. The monoisotopic (exact) mass is 310 g/mol. The Morgan fingerprint density at radius 1 is 1.48 bits per heavy atom. The summed E-state index contributed by atoms with van der Waals surface area (Å²) in [6, 6.07) is 0. The molecule has 1 aliphatic carbocycles. The average Bonchev–Trinajstić information content (AvgIpc) is 2.94. The Kier molecular flexibility index (Phi) is 6.68. The highest BCUT2D eigenvalue weighted by molar-refractivity contribution is 7.99. The molecule has 0 radical (unpaired) electrons. The SMILES string of the molecule is NCCn1nnnc1SCC(=O)NCCC1=CCCCC1. The molecule has 0 saturated heterocycles. The minimum atomic E-state index is 0.0127. The van der Waals surface area contributed by atoms with Gasteiger partial charge in [0.05, 0.1) is 12.3 Å². The molecule has 1 aromatic rings. The molecule has 21 heavy (non-hydrogen) atoms. The van der Waals surface area contributed by atoms with Crippen LogP contribution >= 0.6 is 11.8 Å². The number of allylic oxidation sites excluding steroid dienone is 1. The Labute approximate surface area is 128 Å². The van der Waals surface area contributed by atoms with Crippen LogP contribution in [-0.2, 0) is 11.3 Å². The third-order valence-corrected chi connectivity index (χ3v) is 4.28. The number of nitrogens with zero attached hydrogens (tertiary/aromatic N) is 4. The van der Waals surface area contributed by atoms with Crippen molar-refractivity contribution in [3.63, 3.8) is 0 Å². The fraction of sp³-hybridized carbons (Fsp3) is 0.692. The largest absolute Gasteiger partial charge is 0.355 e. The molecular weight excluding hydrogens is 288 g/mol. The topological polar surface area (TPSA) is 98.7 Å². The molecule has 8 heteroatoms. The lowest BCUT2D eigenvalue weighted by Gasteiger charge is -2.12. The summed E-state index contributed by atoms with van der Waals surface area (Å²) in [6.07, 6.45) is 8.21. The number of tetrazole rings is 1. The fourth-order valence-electron chi connectivity index (χ4n) is 2.24. The zero-order chi connectivity index (χ0) is 14.9. The number of carbonyl (C=O) groups excluding carboxylic acids is 1. The smallest absolute Gasteiger partial charge is 0.230 e. The van der Waals surface area contributed by atoms with E-state index in [1.165, 1.54) is 43.0 Å². The molecule has 0 bridgehead atoms. The van der Waals surface area contributed by atoms with Crippen LogP contribution in [0.15, 0.2) is 16.8 Å². The van der Waals surface area contributed by atoms with Crippen LogP contribution in [0.1, 0.15) is 32.1 Å². The summed E-state index contributed by atoms with van der Waals surface area (Å²) in [6.45, 7) is 1.74. The molecule has 116 valence electrons. The maximum Gasteiger partial charge on any atom is 0.230 e. The van der Waals surface area contributed by atoms with Crippen molar-refractivity contribution < 1.29 is 4.79 Å². The molecule has 0 saturated carbocycles. The maximum atomic E-state index is 11.8. The van der Waals surface area contributed by atoms with Crippen molar-refractivity contribution in [3.8, 4) is 0 Å². The summed E-state index contributed by atoms with van der Waals surface area (Å²) in [7, 11) is 0. The molecule has 0 aromatic carbocycles. The fourth-order valence-corrected chi connectivity index (χ4v) is 2.97. The van der Waals surface area contributed by atoms with Gasteiger partial charge in [0.2, 0.25) is 11.1 Å². The van der Waals surface area contributed by atoms with Crippen molar-refractivity contribution in [3.05, 3.63) is 11.6 Å². The molecule has 7 nitrogen and oxygen atoms in total. The number of hydrogen-bond acceptors (Lipinski definition) is 6. The number of carbonyl (C=O) groups is 1. The molecule has 1 aromatic heterocycles. The number of aromatic nitrogens is 4. The Bertz CT molecular complexity index is 487. The van der Waals surface area contributed by atoms with Gasteiger partial charge in [0, 0.05) is 13.1 Å². The first-order valence-corrected chi connectivity index (χ1v) is 8.32. The van der Waals surface area contributed by atoms with Crippen molar-refractivity contribution in [2.75, 3.05) is 18.8 Å². The van der Waals surface area contributed by atoms with Gasteiger partial charge < -0.3 is 11.1 Å². The predicted molar refractivity (Wildman–Crippen MR) is 81.8 cm³/mol. The average molecular weight is 310 g/mol. The molecule has 0 fully saturated rings. The van der Waals surface area contributed by atoms with Crippen LogP contribution in [0, 0.1) is 0 Å². The minimum Gasteiger partial charge on any atom is -0.355 e. The van der Waals surface area contributed by atoms with E-state index in [2.05, 4.69) is 26.9 Å². The first-order chi connectivity index (χ1) is 10.3. The Hall–Kier alpha value is -1.41. The van der Waals surface area contributed by atoms with E-state index in [4.69, 9.17) is 5.73 Å². The van der Waals surface area contributed by atoms with Crippen LogP contribution < -0.4 is 11.1 Å². The first kappa shape index (κ1) is 16.0. The van der Waals surface area contributed by atoms with E-state index in [9.17, 15) is 4.79 Å². The van der Waals surface area contributed by atoms with Gasteiger partial charge in [-0.2, -0.15) is 0 Å². The summed E-state index contributed by atoms with van der Waals surface area (Å²) in [4.78, 5) is 11.8. The second kappa shape index (κ2) is 8.78. The third-order valence-electron chi connectivity index (χ3n) is 3.33. The highest BCUT2D eigenvalue weighted by Gasteiger charge is 2.09. The number of amides is 1. The third kappa shape index (κ3) is 5.47. The summed E-state index contributed by atoms with van der Waals surface area (Å²) in [5.41, 5.74) is 6.94. The quantitative estimate of drug-likeness (QED) is 0.542. The molecular formula is C13H22N6OS. The standard InChI is InChI=1S/C13H22N6OS/c14-7-9-19-13(16-17-18-19)21-10-12(20)15-8-6-11-4-2-1-3-5-11/h4H,1-3,5-10,14H2,(H,15,20). The second-order valence-electron chi connectivity index (χ2n) is 4.97. The summed E-state index contributed by atoms with van der Waals surface area (Å²) in [5.74, 6) is 0.336.